The monoisotopic (exact) mass is 273 g/mol. The molecule has 102 valence electrons. The highest BCUT2D eigenvalue weighted by Crippen LogP contribution is 2.17. The zero-order valence-electron chi connectivity index (χ0n) is 10.5. The van der Waals surface area contributed by atoms with E-state index >= 15 is 0 Å². The topological polar surface area (TPSA) is 67.8 Å². The predicted molar refractivity (Wildman–Crippen MR) is 69.7 cm³/mol. The molecule has 0 spiro atoms. The van der Waals surface area contributed by atoms with Crippen LogP contribution in [0.1, 0.15) is 9.75 Å². The number of aliphatic hydroxyl groups is 1. The lowest BCUT2D eigenvalue weighted by atomic mass is 10.3. The van der Waals surface area contributed by atoms with Gasteiger partial charge in [-0.1, -0.05) is 0 Å². The van der Waals surface area contributed by atoms with Crippen molar-refractivity contribution in [3.05, 3.63) is 21.9 Å². The molecule has 1 aromatic rings. The summed E-state index contributed by atoms with van der Waals surface area (Å²) < 4.78 is 9.74. The lowest BCUT2D eigenvalue weighted by Gasteiger charge is -2.03. The van der Waals surface area contributed by atoms with E-state index < -0.39 is 0 Å². The summed E-state index contributed by atoms with van der Waals surface area (Å²) in [6.07, 6.45) is 0.334. The van der Waals surface area contributed by atoms with Crippen LogP contribution in [0.4, 0.5) is 0 Å². The number of ether oxygens (including phenoxy) is 2. The van der Waals surface area contributed by atoms with Crippen molar-refractivity contribution in [1.82, 2.24) is 5.32 Å². The summed E-state index contributed by atoms with van der Waals surface area (Å²) in [6, 6.07) is 3.95. The fraction of sp³-hybridized carbons (Fsp3) is 0.583. The molecule has 5 nitrogen and oxygen atoms in total. The van der Waals surface area contributed by atoms with E-state index in [0.29, 0.717) is 19.6 Å². The first-order chi connectivity index (χ1) is 8.76. The molecule has 0 saturated heterocycles. The minimum Gasteiger partial charge on any atom is -0.469 e. The maximum atomic E-state index is 11.1. The van der Waals surface area contributed by atoms with Crippen molar-refractivity contribution in [1.29, 1.82) is 0 Å². The standard InChI is InChI=1S/C12H19NO4S/c1-16-12(15)8-10-2-3-11(18-10)9-13-4-6-17-7-5-14/h2-3,13-14H,4-9H2,1H3. The van der Waals surface area contributed by atoms with E-state index in [9.17, 15) is 4.79 Å². The fourth-order valence-electron chi connectivity index (χ4n) is 1.35. The summed E-state index contributed by atoms with van der Waals surface area (Å²) in [5, 5.41) is 11.7. The zero-order chi connectivity index (χ0) is 13.2. The second-order valence-corrected chi connectivity index (χ2v) is 4.89. The number of methoxy groups -OCH3 is 1. The van der Waals surface area contributed by atoms with E-state index in [1.54, 1.807) is 11.3 Å². The van der Waals surface area contributed by atoms with Crippen molar-refractivity contribution < 1.29 is 19.4 Å². The number of thiophene rings is 1. The molecule has 18 heavy (non-hydrogen) atoms. The first-order valence-electron chi connectivity index (χ1n) is 5.80. The first-order valence-corrected chi connectivity index (χ1v) is 6.61. The Hall–Kier alpha value is -0.950. The van der Waals surface area contributed by atoms with Gasteiger partial charge < -0.3 is 19.9 Å². The van der Waals surface area contributed by atoms with Crippen LogP contribution in [0.3, 0.4) is 0 Å². The molecular formula is C12H19NO4S. The summed E-state index contributed by atoms with van der Waals surface area (Å²) in [7, 11) is 1.39. The van der Waals surface area contributed by atoms with E-state index in [4.69, 9.17) is 9.84 Å². The molecule has 1 aromatic heterocycles. The number of nitrogens with one attached hydrogen (secondary N) is 1. The van der Waals surface area contributed by atoms with Crippen LogP contribution in [-0.2, 0) is 27.2 Å². The number of hydrogen-bond acceptors (Lipinski definition) is 6. The molecule has 0 saturated carbocycles. The number of hydrogen-bond donors (Lipinski definition) is 2. The van der Waals surface area contributed by atoms with Gasteiger partial charge in [0.2, 0.25) is 0 Å². The van der Waals surface area contributed by atoms with Crippen molar-refractivity contribution in [3.63, 3.8) is 0 Å². The van der Waals surface area contributed by atoms with Crippen LogP contribution in [0.25, 0.3) is 0 Å². The van der Waals surface area contributed by atoms with Crippen molar-refractivity contribution in [2.24, 2.45) is 0 Å². The summed E-state index contributed by atoms with van der Waals surface area (Å²) in [5.74, 6) is -0.214. The van der Waals surface area contributed by atoms with Crippen LogP contribution in [0.2, 0.25) is 0 Å². The molecule has 0 atom stereocenters. The van der Waals surface area contributed by atoms with E-state index in [-0.39, 0.29) is 12.6 Å². The van der Waals surface area contributed by atoms with Gasteiger partial charge in [-0.3, -0.25) is 4.79 Å². The van der Waals surface area contributed by atoms with E-state index in [1.165, 1.54) is 12.0 Å². The Bertz CT molecular complexity index is 354. The van der Waals surface area contributed by atoms with Crippen LogP contribution < -0.4 is 5.32 Å². The summed E-state index contributed by atoms with van der Waals surface area (Å²) in [4.78, 5) is 13.3. The molecule has 2 N–H and O–H groups in total. The second-order valence-electron chi connectivity index (χ2n) is 3.63. The van der Waals surface area contributed by atoms with Gasteiger partial charge in [0.1, 0.15) is 0 Å². The molecule has 0 bridgehead atoms. The lowest BCUT2D eigenvalue weighted by Crippen LogP contribution is -2.19. The average Bonchev–Trinajstić information content (AvgIpc) is 2.81. The van der Waals surface area contributed by atoms with Gasteiger partial charge in [-0.15, -0.1) is 11.3 Å². The predicted octanol–water partition coefficient (Wildman–Crippen LogP) is 0.562. The van der Waals surface area contributed by atoms with Gasteiger partial charge in [-0.25, -0.2) is 0 Å². The molecule has 1 rings (SSSR count). The van der Waals surface area contributed by atoms with Crippen molar-refractivity contribution in [3.8, 4) is 0 Å². The highest BCUT2D eigenvalue weighted by atomic mass is 32.1. The minimum atomic E-state index is -0.214. The molecule has 1 heterocycles. The van der Waals surface area contributed by atoms with Gasteiger partial charge in [-0.2, -0.15) is 0 Å². The molecule has 0 radical (unpaired) electrons. The molecule has 0 fully saturated rings. The molecule has 0 amide bonds. The van der Waals surface area contributed by atoms with Gasteiger partial charge in [0.05, 0.1) is 33.4 Å². The smallest absolute Gasteiger partial charge is 0.310 e. The van der Waals surface area contributed by atoms with Gasteiger partial charge in [0.15, 0.2) is 0 Å². The minimum absolute atomic E-state index is 0.0574. The Morgan fingerprint density at radius 1 is 1.39 bits per heavy atom. The van der Waals surface area contributed by atoms with Crippen LogP contribution in [0.15, 0.2) is 12.1 Å². The zero-order valence-corrected chi connectivity index (χ0v) is 11.3. The van der Waals surface area contributed by atoms with E-state index in [0.717, 1.165) is 18.0 Å². The molecule has 0 unspecified atom stereocenters. The quantitative estimate of drug-likeness (QED) is 0.508. The average molecular weight is 273 g/mol. The van der Waals surface area contributed by atoms with Crippen LogP contribution in [-0.4, -0.2) is 44.6 Å². The third kappa shape index (κ3) is 6.11. The van der Waals surface area contributed by atoms with Crippen LogP contribution in [0, 0.1) is 0 Å². The number of aliphatic hydroxyl groups excluding tert-OH is 1. The highest BCUT2D eigenvalue weighted by molar-refractivity contribution is 7.12. The van der Waals surface area contributed by atoms with Gasteiger partial charge >= 0.3 is 5.97 Å². The second kappa shape index (κ2) is 9.04. The van der Waals surface area contributed by atoms with Gasteiger partial charge in [-0.05, 0) is 12.1 Å². The molecule has 6 heteroatoms. The molecule has 0 aliphatic carbocycles. The van der Waals surface area contributed by atoms with Gasteiger partial charge in [0.25, 0.3) is 0 Å². The Balaban J connectivity index is 2.17. The molecule has 0 aromatic carbocycles. The number of carbonyl (C=O) groups excluding carboxylic acids is 1. The third-order valence-electron chi connectivity index (χ3n) is 2.22. The normalized spacial score (nSPS) is 10.6. The van der Waals surface area contributed by atoms with Crippen LogP contribution >= 0.6 is 11.3 Å². The molecule has 0 aliphatic heterocycles. The lowest BCUT2D eigenvalue weighted by molar-refractivity contribution is -0.139. The van der Waals surface area contributed by atoms with Crippen LogP contribution in [0.5, 0.6) is 0 Å². The molecule has 0 aliphatic rings. The first kappa shape index (κ1) is 15.1. The van der Waals surface area contributed by atoms with Crippen molar-refractivity contribution in [2.45, 2.75) is 13.0 Å². The summed E-state index contributed by atoms with van der Waals surface area (Å²) in [6.45, 7) is 2.52. The number of esters is 1. The van der Waals surface area contributed by atoms with E-state index in [1.807, 2.05) is 12.1 Å². The Morgan fingerprint density at radius 3 is 2.89 bits per heavy atom. The van der Waals surface area contributed by atoms with E-state index in [2.05, 4.69) is 10.1 Å². The highest BCUT2D eigenvalue weighted by Gasteiger charge is 2.05. The van der Waals surface area contributed by atoms with Crippen molar-refractivity contribution >= 4 is 17.3 Å². The fourth-order valence-corrected chi connectivity index (χ4v) is 2.32. The number of carbonyl (C=O) groups is 1. The van der Waals surface area contributed by atoms with Crippen molar-refractivity contribution in [2.75, 3.05) is 33.5 Å². The Morgan fingerprint density at radius 2 is 2.17 bits per heavy atom. The maximum Gasteiger partial charge on any atom is 0.310 e. The maximum absolute atomic E-state index is 11.1. The Kier molecular flexibility index (Phi) is 7.59. The number of rotatable bonds is 9. The Labute approximate surface area is 111 Å². The SMILES string of the molecule is COC(=O)Cc1ccc(CNCCOCCO)s1. The summed E-state index contributed by atoms with van der Waals surface area (Å²) in [5.41, 5.74) is 0. The largest absolute Gasteiger partial charge is 0.469 e. The third-order valence-corrected chi connectivity index (χ3v) is 3.31. The van der Waals surface area contributed by atoms with Gasteiger partial charge in [0, 0.05) is 22.8 Å². The summed E-state index contributed by atoms with van der Waals surface area (Å²) >= 11 is 1.60. The molecular weight excluding hydrogens is 254 g/mol.